The summed E-state index contributed by atoms with van der Waals surface area (Å²) in [5, 5.41) is 11.6. The minimum Gasteiger partial charge on any atom is -0.369 e. The van der Waals surface area contributed by atoms with E-state index in [1.165, 1.54) is 0 Å². The minimum atomic E-state index is -6.02. The molecule has 0 saturated heterocycles. The smallest absolute Gasteiger partial charge is 0.369 e. The van der Waals surface area contributed by atoms with Crippen molar-refractivity contribution in [2.45, 2.75) is 24.4 Å². The molecule has 0 spiro atoms. The number of aliphatic hydroxyl groups is 1. The summed E-state index contributed by atoms with van der Waals surface area (Å²) in [6, 6.07) is 22.6. The number of halogens is 6. The first kappa shape index (κ1) is 25.5. The van der Waals surface area contributed by atoms with Crippen molar-refractivity contribution in [1.82, 2.24) is 9.55 Å². The Kier molecular flexibility index (Phi) is 6.02. The SMILES string of the molecule is O=c1c2cc3ccccc3cc2nc(Cc2ccccc2)n1-c1ccc(C(O)(C(F)(F)F)C(F)(F)F)cc1. The average Bonchev–Trinajstić information content (AvgIpc) is 2.87. The third kappa shape index (κ3) is 4.20. The highest BCUT2D eigenvalue weighted by molar-refractivity contribution is 5.96. The fourth-order valence-electron chi connectivity index (χ4n) is 4.42. The van der Waals surface area contributed by atoms with Crippen molar-refractivity contribution >= 4 is 21.7 Å². The Labute approximate surface area is 211 Å². The van der Waals surface area contributed by atoms with Crippen LogP contribution in [0.15, 0.2) is 95.8 Å². The van der Waals surface area contributed by atoms with E-state index in [4.69, 9.17) is 0 Å². The first-order valence-electron chi connectivity index (χ1n) is 11.4. The van der Waals surface area contributed by atoms with Crippen molar-refractivity contribution in [3.05, 3.63) is 118 Å². The van der Waals surface area contributed by atoms with Crippen molar-refractivity contribution in [2.24, 2.45) is 0 Å². The molecule has 0 atom stereocenters. The molecular formula is C28H18F6N2O2. The molecule has 0 bridgehead atoms. The summed E-state index contributed by atoms with van der Waals surface area (Å²) < 4.78 is 81.2. The zero-order chi connectivity index (χ0) is 27.3. The Balaban J connectivity index is 1.72. The lowest BCUT2D eigenvalue weighted by Gasteiger charge is -2.32. The monoisotopic (exact) mass is 528 g/mol. The highest BCUT2D eigenvalue weighted by atomic mass is 19.4. The zero-order valence-corrected chi connectivity index (χ0v) is 19.4. The molecule has 0 fully saturated rings. The van der Waals surface area contributed by atoms with Crippen molar-refractivity contribution in [3.8, 4) is 5.69 Å². The Morgan fingerprint density at radius 2 is 1.29 bits per heavy atom. The normalized spacial score (nSPS) is 12.8. The standard InChI is InChI=1S/C28H18F6N2O2/c29-27(30,31)26(38,28(32,33)34)20-10-12-21(13-11-20)36-24(14-17-6-2-1-3-7-17)35-23-16-19-9-5-4-8-18(19)15-22(23)25(36)37/h1-13,15-16,38H,14H2. The van der Waals surface area contributed by atoms with Crippen molar-refractivity contribution in [3.63, 3.8) is 0 Å². The summed E-state index contributed by atoms with van der Waals surface area (Å²) in [5.74, 6) is 0.235. The molecular weight excluding hydrogens is 510 g/mol. The molecule has 194 valence electrons. The number of rotatable bonds is 4. The molecule has 0 aliphatic heterocycles. The highest BCUT2D eigenvalue weighted by Gasteiger charge is 2.71. The molecule has 5 aromatic rings. The van der Waals surface area contributed by atoms with Gasteiger partial charge < -0.3 is 5.11 Å². The predicted molar refractivity (Wildman–Crippen MR) is 130 cm³/mol. The minimum absolute atomic E-state index is 0.000983. The Morgan fingerprint density at radius 1 is 0.737 bits per heavy atom. The van der Waals surface area contributed by atoms with Crippen molar-refractivity contribution in [1.29, 1.82) is 0 Å². The molecule has 4 nitrogen and oxygen atoms in total. The van der Waals surface area contributed by atoms with Crippen LogP contribution < -0.4 is 5.56 Å². The van der Waals surface area contributed by atoms with Crippen LogP contribution >= 0.6 is 0 Å². The number of nitrogens with zero attached hydrogens (tertiary/aromatic N) is 2. The number of aromatic nitrogens is 2. The van der Waals surface area contributed by atoms with Gasteiger partial charge in [0.2, 0.25) is 0 Å². The van der Waals surface area contributed by atoms with Gasteiger partial charge in [0.05, 0.1) is 16.6 Å². The van der Waals surface area contributed by atoms with Gasteiger partial charge in [-0.2, -0.15) is 26.3 Å². The summed E-state index contributed by atoms with van der Waals surface area (Å²) in [5.41, 5.74) is -5.85. The second-order valence-electron chi connectivity index (χ2n) is 8.80. The predicted octanol–water partition coefficient (Wildman–Crippen LogP) is 6.44. The van der Waals surface area contributed by atoms with Crippen LogP contribution in [0.25, 0.3) is 27.4 Å². The Bertz CT molecular complexity index is 1680. The summed E-state index contributed by atoms with van der Waals surface area (Å²) >= 11 is 0. The molecule has 5 rings (SSSR count). The van der Waals surface area contributed by atoms with Crippen LogP contribution in [-0.2, 0) is 12.0 Å². The maximum absolute atomic E-state index is 13.7. The third-order valence-corrected chi connectivity index (χ3v) is 6.37. The van der Waals surface area contributed by atoms with Gasteiger partial charge >= 0.3 is 12.4 Å². The zero-order valence-electron chi connectivity index (χ0n) is 19.4. The first-order valence-corrected chi connectivity index (χ1v) is 11.4. The van der Waals surface area contributed by atoms with Crippen LogP contribution in [0.2, 0.25) is 0 Å². The molecule has 38 heavy (non-hydrogen) atoms. The first-order chi connectivity index (χ1) is 17.9. The quantitative estimate of drug-likeness (QED) is 0.216. The molecule has 0 radical (unpaired) electrons. The lowest BCUT2D eigenvalue weighted by atomic mass is 9.92. The number of alkyl halides is 6. The van der Waals surface area contributed by atoms with E-state index in [0.29, 0.717) is 17.6 Å². The molecule has 0 aliphatic carbocycles. The molecule has 0 aliphatic rings. The van der Waals surface area contributed by atoms with E-state index in [9.17, 15) is 36.2 Å². The van der Waals surface area contributed by atoms with E-state index >= 15 is 0 Å². The van der Waals surface area contributed by atoms with Crippen LogP contribution in [0.5, 0.6) is 0 Å². The topological polar surface area (TPSA) is 55.1 Å². The van der Waals surface area contributed by atoms with Gasteiger partial charge in [-0.25, -0.2) is 4.98 Å². The van der Waals surface area contributed by atoms with Gasteiger partial charge in [-0.15, -0.1) is 0 Å². The molecule has 0 amide bonds. The van der Waals surface area contributed by atoms with E-state index in [-0.39, 0.29) is 23.3 Å². The van der Waals surface area contributed by atoms with Gasteiger partial charge in [-0.1, -0.05) is 66.7 Å². The van der Waals surface area contributed by atoms with Crippen LogP contribution in [0.4, 0.5) is 26.3 Å². The number of fused-ring (bicyclic) bond motifs is 2. The molecule has 1 aromatic heterocycles. The van der Waals surface area contributed by atoms with Crippen LogP contribution in [0.1, 0.15) is 17.0 Å². The summed E-state index contributed by atoms with van der Waals surface area (Å²) in [4.78, 5) is 18.4. The summed E-state index contributed by atoms with van der Waals surface area (Å²) in [6.45, 7) is 0. The van der Waals surface area contributed by atoms with E-state index in [2.05, 4.69) is 4.98 Å². The van der Waals surface area contributed by atoms with E-state index in [1.54, 1.807) is 54.6 Å². The van der Waals surface area contributed by atoms with Crippen molar-refractivity contribution in [2.75, 3.05) is 0 Å². The molecule has 0 unspecified atom stereocenters. The fraction of sp³-hybridized carbons (Fsp3) is 0.143. The highest BCUT2D eigenvalue weighted by Crippen LogP contribution is 2.50. The molecule has 10 heteroatoms. The number of hydrogen-bond acceptors (Lipinski definition) is 3. The maximum atomic E-state index is 13.7. The van der Waals surface area contributed by atoms with Crippen molar-refractivity contribution < 1.29 is 31.4 Å². The molecule has 4 aromatic carbocycles. The van der Waals surface area contributed by atoms with Gasteiger partial charge in [0, 0.05) is 12.0 Å². The van der Waals surface area contributed by atoms with Gasteiger partial charge in [0.1, 0.15) is 5.82 Å². The summed E-state index contributed by atoms with van der Waals surface area (Å²) in [7, 11) is 0. The molecule has 1 N–H and O–H groups in total. The van der Waals surface area contributed by atoms with Gasteiger partial charge in [-0.05, 0) is 40.6 Å². The Morgan fingerprint density at radius 3 is 1.87 bits per heavy atom. The molecule has 0 saturated carbocycles. The number of hydrogen-bond donors (Lipinski definition) is 1. The van der Waals surface area contributed by atoms with E-state index in [1.807, 2.05) is 12.1 Å². The van der Waals surface area contributed by atoms with E-state index < -0.39 is 29.1 Å². The third-order valence-electron chi connectivity index (χ3n) is 6.37. The number of benzene rings is 4. The lowest BCUT2D eigenvalue weighted by molar-refractivity contribution is -0.376. The average molecular weight is 528 g/mol. The largest absolute Gasteiger partial charge is 0.430 e. The Hall–Kier alpha value is -4.18. The van der Waals surface area contributed by atoms with E-state index in [0.717, 1.165) is 33.0 Å². The van der Waals surface area contributed by atoms with Crippen LogP contribution in [0.3, 0.4) is 0 Å². The van der Waals surface area contributed by atoms with Crippen LogP contribution in [-0.4, -0.2) is 27.0 Å². The van der Waals surface area contributed by atoms with Gasteiger partial charge in [-0.3, -0.25) is 9.36 Å². The summed E-state index contributed by atoms with van der Waals surface area (Å²) in [6.07, 6.45) is -11.9. The van der Waals surface area contributed by atoms with Crippen LogP contribution in [0, 0.1) is 0 Å². The molecule has 1 heterocycles. The lowest BCUT2D eigenvalue weighted by Crippen LogP contribution is -2.53. The fourth-order valence-corrected chi connectivity index (χ4v) is 4.42. The van der Waals surface area contributed by atoms with Gasteiger partial charge in [0.25, 0.3) is 11.2 Å². The van der Waals surface area contributed by atoms with Gasteiger partial charge in [0.15, 0.2) is 0 Å². The second-order valence-corrected chi connectivity index (χ2v) is 8.80. The second kappa shape index (κ2) is 8.98. The maximum Gasteiger partial charge on any atom is 0.430 e.